The number of carbonyl (C=O) groups is 1. The first-order valence-corrected chi connectivity index (χ1v) is 11.3. The van der Waals surface area contributed by atoms with E-state index in [9.17, 15) is 4.79 Å². The maximum Gasteiger partial charge on any atom is 0.233 e. The minimum absolute atomic E-state index is 0.103. The molecule has 8 nitrogen and oxygen atoms in total. The summed E-state index contributed by atoms with van der Waals surface area (Å²) < 4.78 is 12.1. The number of hydrogen-bond donors (Lipinski definition) is 2. The maximum atomic E-state index is 12.4. The molecule has 0 spiro atoms. The van der Waals surface area contributed by atoms with Gasteiger partial charge in [-0.15, -0.1) is 0 Å². The molecule has 0 saturated heterocycles. The molecule has 5 rings (SSSR count). The van der Waals surface area contributed by atoms with E-state index in [1.807, 2.05) is 63.5 Å². The number of carbonyl (C=O) groups excluding carboxylic acids is 1. The van der Waals surface area contributed by atoms with E-state index in [1.54, 1.807) is 6.20 Å². The van der Waals surface area contributed by atoms with Gasteiger partial charge in [0.15, 0.2) is 5.78 Å². The number of ether oxygens (including phenoxy) is 2. The van der Waals surface area contributed by atoms with Gasteiger partial charge in [0.1, 0.15) is 23.8 Å². The van der Waals surface area contributed by atoms with Crippen LogP contribution in [0, 0.1) is 6.92 Å². The zero-order valence-corrected chi connectivity index (χ0v) is 19.5. The normalized spacial score (nSPS) is 12.9. The van der Waals surface area contributed by atoms with Crippen LogP contribution in [0.3, 0.4) is 0 Å². The van der Waals surface area contributed by atoms with Crippen LogP contribution in [0.4, 0.5) is 11.6 Å². The molecule has 2 aromatic heterocycles. The Morgan fingerprint density at radius 3 is 2.79 bits per heavy atom. The number of hydrogen-bond acceptors (Lipinski definition) is 7. The first-order valence-electron chi connectivity index (χ1n) is 11.3. The van der Waals surface area contributed by atoms with Crippen LogP contribution in [0.2, 0.25) is 0 Å². The topological polar surface area (TPSA) is 92.4 Å². The lowest BCUT2D eigenvalue weighted by molar-refractivity contribution is 0.0992. The second kappa shape index (κ2) is 9.15. The van der Waals surface area contributed by atoms with Gasteiger partial charge in [-0.3, -0.25) is 4.79 Å². The fraction of sp³-hybridized carbons (Fsp3) is 0.269. The molecule has 1 aliphatic rings. The number of likely N-dealkylation sites (N-methyl/N-ethyl adjacent to an activating group) is 1. The lowest BCUT2D eigenvalue weighted by Gasteiger charge is -2.14. The number of Topliss-reactive ketones (excluding diaryl/α,β-unsaturated/α-hetero) is 1. The molecule has 2 aromatic carbocycles. The Hall–Kier alpha value is -3.91. The van der Waals surface area contributed by atoms with Crippen molar-refractivity contribution in [1.29, 1.82) is 0 Å². The van der Waals surface area contributed by atoms with Gasteiger partial charge in [-0.1, -0.05) is 12.1 Å². The molecule has 0 saturated carbocycles. The van der Waals surface area contributed by atoms with Gasteiger partial charge >= 0.3 is 0 Å². The van der Waals surface area contributed by atoms with Gasteiger partial charge in [-0.05, 0) is 68.9 Å². The molecule has 2 N–H and O–H groups in total. The van der Waals surface area contributed by atoms with Crippen LogP contribution >= 0.6 is 0 Å². The Bertz CT molecular complexity index is 1360. The van der Waals surface area contributed by atoms with E-state index in [-0.39, 0.29) is 5.78 Å². The molecule has 0 aliphatic heterocycles. The number of aromatic nitrogens is 3. The molecule has 8 heteroatoms. The molecular formula is C26H27N5O3. The van der Waals surface area contributed by atoms with E-state index < -0.39 is 0 Å². The number of benzene rings is 2. The summed E-state index contributed by atoms with van der Waals surface area (Å²) in [5, 5.41) is 4.01. The number of fused-ring (bicyclic) bond motifs is 2. The third kappa shape index (κ3) is 4.45. The smallest absolute Gasteiger partial charge is 0.233 e. The van der Waals surface area contributed by atoms with Crippen molar-refractivity contribution in [2.75, 3.05) is 32.6 Å². The summed E-state index contributed by atoms with van der Waals surface area (Å²) in [6.45, 7) is 3.48. The van der Waals surface area contributed by atoms with Crippen LogP contribution in [0.25, 0.3) is 11.0 Å². The van der Waals surface area contributed by atoms with Crippen molar-refractivity contribution in [1.82, 2.24) is 19.9 Å². The average Bonchev–Trinajstić information content (AvgIpc) is 3.42. The number of anilines is 2. The Kier molecular flexibility index (Phi) is 5.90. The summed E-state index contributed by atoms with van der Waals surface area (Å²) in [6, 6.07) is 13.4. The van der Waals surface area contributed by atoms with Crippen molar-refractivity contribution >= 4 is 28.5 Å². The van der Waals surface area contributed by atoms with Crippen molar-refractivity contribution < 1.29 is 14.3 Å². The highest BCUT2D eigenvalue weighted by Crippen LogP contribution is 2.35. The molecule has 0 unspecified atom stereocenters. The largest absolute Gasteiger partial charge is 0.492 e. The second-order valence-electron chi connectivity index (χ2n) is 8.66. The quantitative estimate of drug-likeness (QED) is 0.390. The molecule has 0 fully saturated rings. The summed E-state index contributed by atoms with van der Waals surface area (Å²) in [5.74, 6) is 2.26. The van der Waals surface area contributed by atoms with Gasteiger partial charge < -0.3 is 24.7 Å². The minimum atomic E-state index is 0.103. The van der Waals surface area contributed by atoms with E-state index in [4.69, 9.17) is 9.47 Å². The zero-order chi connectivity index (χ0) is 23.7. The lowest BCUT2D eigenvalue weighted by Crippen LogP contribution is -2.19. The predicted octanol–water partition coefficient (Wildman–Crippen LogP) is 4.87. The molecular weight excluding hydrogens is 430 g/mol. The van der Waals surface area contributed by atoms with Crippen molar-refractivity contribution in [3.63, 3.8) is 0 Å². The molecule has 1 aliphatic carbocycles. The standard InChI is InChI=1S/C26H27N5O3/c1-16-15-18(8-10-21(16)33-14-13-31(2)3)28-26-29-24-19(11-12-27-24)25(30-26)34-22-6-4-5-17-7-9-20(32)23(17)22/h4-6,8,10-12,15H,7,9,13-14H2,1-3H3,(H2,27,28,29,30). The van der Waals surface area contributed by atoms with Crippen LogP contribution in [0.1, 0.15) is 27.9 Å². The number of aryl methyl sites for hydroxylation is 2. The molecule has 2 heterocycles. The molecule has 0 radical (unpaired) electrons. The van der Waals surface area contributed by atoms with Crippen molar-refractivity contribution in [2.24, 2.45) is 0 Å². The summed E-state index contributed by atoms with van der Waals surface area (Å²) in [6.07, 6.45) is 3.05. The third-order valence-electron chi connectivity index (χ3n) is 5.83. The highest BCUT2D eigenvalue weighted by molar-refractivity contribution is 6.03. The summed E-state index contributed by atoms with van der Waals surface area (Å²) in [4.78, 5) is 26.8. The highest BCUT2D eigenvalue weighted by Gasteiger charge is 2.24. The number of rotatable bonds is 8. The summed E-state index contributed by atoms with van der Waals surface area (Å²) in [5.41, 5.74) is 4.17. The molecule has 0 bridgehead atoms. The SMILES string of the molecule is Cc1cc(Nc2nc(Oc3cccc4c3C(=O)CC4)c3cc[nH]c3n2)ccc1OCCN(C)C. The van der Waals surface area contributed by atoms with E-state index in [0.717, 1.165) is 40.9 Å². The molecule has 0 amide bonds. The van der Waals surface area contributed by atoms with Gasteiger partial charge in [-0.25, -0.2) is 0 Å². The van der Waals surface area contributed by atoms with Crippen LogP contribution < -0.4 is 14.8 Å². The fourth-order valence-electron chi connectivity index (χ4n) is 4.07. The number of H-pyrrole nitrogens is 1. The van der Waals surface area contributed by atoms with Gasteiger partial charge in [0.05, 0.1) is 10.9 Å². The lowest BCUT2D eigenvalue weighted by atomic mass is 10.1. The Morgan fingerprint density at radius 2 is 1.97 bits per heavy atom. The number of aromatic amines is 1. The van der Waals surface area contributed by atoms with Crippen molar-refractivity contribution in [2.45, 2.75) is 19.8 Å². The second-order valence-corrected chi connectivity index (χ2v) is 8.66. The van der Waals surface area contributed by atoms with Crippen LogP contribution in [0.5, 0.6) is 17.4 Å². The van der Waals surface area contributed by atoms with Crippen molar-refractivity contribution in [3.8, 4) is 17.4 Å². The number of ketones is 1. The minimum Gasteiger partial charge on any atom is -0.492 e. The van der Waals surface area contributed by atoms with Crippen LogP contribution in [-0.2, 0) is 6.42 Å². The van der Waals surface area contributed by atoms with Gasteiger partial charge in [0.2, 0.25) is 11.8 Å². The highest BCUT2D eigenvalue weighted by atomic mass is 16.5. The Morgan fingerprint density at radius 1 is 1.09 bits per heavy atom. The van der Waals surface area contributed by atoms with Gasteiger partial charge in [-0.2, -0.15) is 9.97 Å². The van der Waals surface area contributed by atoms with E-state index >= 15 is 0 Å². The Labute approximate surface area is 197 Å². The molecule has 174 valence electrons. The fourth-order valence-corrected chi connectivity index (χ4v) is 4.07. The number of nitrogens with one attached hydrogen (secondary N) is 2. The molecule has 34 heavy (non-hydrogen) atoms. The van der Waals surface area contributed by atoms with Gasteiger partial charge in [0.25, 0.3) is 0 Å². The predicted molar refractivity (Wildman–Crippen MR) is 132 cm³/mol. The first kappa shape index (κ1) is 21.9. The monoisotopic (exact) mass is 457 g/mol. The molecule has 0 atom stereocenters. The summed E-state index contributed by atoms with van der Waals surface area (Å²) in [7, 11) is 4.04. The first-order chi connectivity index (χ1) is 16.5. The third-order valence-corrected chi connectivity index (χ3v) is 5.83. The molecule has 4 aromatic rings. The van der Waals surface area contributed by atoms with E-state index in [0.29, 0.717) is 41.8 Å². The van der Waals surface area contributed by atoms with Crippen LogP contribution in [0.15, 0.2) is 48.7 Å². The Balaban J connectivity index is 1.40. The van der Waals surface area contributed by atoms with E-state index in [2.05, 4.69) is 25.2 Å². The van der Waals surface area contributed by atoms with Gasteiger partial charge in [0, 0.05) is 24.8 Å². The van der Waals surface area contributed by atoms with Crippen LogP contribution in [-0.4, -0.2) is 52.9 Å². The van der Waals surface area contributed by atoms with E-state index in [1.165, 1.54) is 0 Å². The van der Waals surface area contributed by atoms with Crippen molar-refractivity contribution in [3.05, 3.63) is 65.4 Å². The summed E-state index contributed by atoms with van der Waals surface area (Å²) >= 11 is 0. The zero-order valence-electron chi connectivity index (χ0n) is 19.5. The maximum absolute atomic E-state index is 12.4. The average molecular weight is 458 g/mol. The number of nitrogens with zero attached hydrogens (tertiary/aromatic N) is 3.